The number of allylic oxidation sites excluding steroid dienone is 5. The minimum absolute atomic E-state index is 0.196. The van der Waals surface area contributed by atoms with Crippen molar-refractivity contribution in [3.63, 3.8) is 0 Å². The van der Waals surface area contributed by atoms with Crippen molar-refractivity contribution in [1.82, 2.24) is 0 Å². The molecule has 0 radical (unpaired) electrons. The second-order valence-corrected chi connectivity index (χ2v) is 15.8. The van der Waals surface area contributed by atoms with Crippen LogP contribution >= 0.6 is 23.1 Å². The van der Waals surface area contributed by atoms with E-state index in [2.05, 4.69) is 198 Å². The maximum atomic E-state index is 2.53. The van der Waals surface area contributed by atoms with Crippen molar-refractivity contribution in [3.05, 3.63) is 205 Å². The summed E-state index contributed by atoms with van der Waals surface area (Å²) in [4.78, 5) is 6.37. The first-order valence-electron chi connectivity index (χ1n) is 18.0. The molecule has 3 aliphatic rings. The van der Waals surface area contributed by atoms with Gasteiger partial charge in [-0.1, -0.05) is 127 Å². The molecule has 0 N–H and O–H groups in total. The van der Waals surface area contributed by atoms with Crippen molar-refractivity contribution in [2.24, 2.45) is 0 Å². The maximum absolute atomic E-state index is 2.53. The molecule has 2 heterocycles. The summed E-state index contributed by atoms with van der Waals surface area (Å²) < 4.78 is 2.67. The summed E-state index contributed by atoms with van der Waals surface area (Å²) in [6.07, 6.45) is 15.0. The number of benzene rings is 6. The van der Waals surface area contributed by atoms with Crippen LogP contribution in [-0.4, -0.2) is 11.3 Å². The first-order valence-corrected chi connectivity index (χ1v) is 19.7. The molecule has 1 aliphatic heterocycles. The molecule has 0 amide bonds. The molecule has 7 aromatic rings. The minimum Gasteiger partial charge on any atom is -0.333 e. The Labute approximate surface area is 313 Å². The molecule has 1 aromatic heterocycles. The number of rotatable bonds is 7. The van der Waals surface area contributed by atoms with Gasteiger partial charge in [0, 0.05) is 49.0 Å². The predicted octanol–water partition coefficient (Wildman–Crippen LogP) is 13.5. The van der Waals surface area contributed by atoms with Gasteiger partial charge >= 0.3 is 0 Å². The van der Waals surface area contributed by atoms with Crippen LogP contribution in [0.15, 0.2) is 199 Å². The first-order chi connectivity index (χ1) is 25.8. The van der Waals surface area contributed by atoms with E-state index in [0.717, 1.165) is 6.42 Å². The standard InChI is InChI=1S/C48H36N2S2/c1-3-13-35(14-4-1)49(43-21-11-19-41-39-17-7-9-23-45(39)51-47(41)43)37-29-25-33(26-30-37)34-27-31-38(32-28-34)50(36-15-5-2-6-16-36)44-22-12-20-42-40-18-8-10-24-46(40)52-48(42)44/h1-31,38,41,47H,32H2/t38-,41?,47?/m0/s1. The van der Waals surface area contributed by atoms with Crippen LogP contribution in [0.4, 0.5) is 22.7 Å². The lowest BCUT2D eigenvalue weighted by atomic mass is 9.90. The fourth-order valence-electron chi connectivity index (χ4n) is 8.12. The number of anilines is 4. The predicted molar refractivity (Wildman–Crippen MR) is 225 cm³/mol. The molecule has 2 unspecified atom stereocenters. The molecule has 0 bridgehead atoms. The summed E-state index contributed by atoms with van der Waals surface area (Å²) >= 11 is 3.88. The van der Waals surface area contributed by atoms with Gasteiger partial charge in [0.1, 0.15) is 0 Å². The van der Waals surface area contributed by atoms with Crippen LogP contribution in [0.3, 0.4) is 0 Å². The van der Waals surface area contributed by atoms with Crippen LogP contribution in [0.5, 0.6) is 0 Å². The van der Waals surface area contributed by atoms with Crippen LogP contribution in [0.2, 0.25) is 0 Å². The van der Waals surface area contributed by atoms with Gasteiger partial charge in [0.05, 0.1) is 21.7 Å². The zero-order valence-electron chi connectivity index (χ0n) is 28.5. The summed E-state index contributed by atoms with van der Waals surface area (Å²) in [6.45, 7) is 0. The largest absolute Gasteiger partial charge is 0.333 e. The molecule has 10 rings (SSSR count). The molecule has 0 saturated carbocycles. The van der Waals surface area contributed by atoms with Gasteiger partial charge in [0.15, 0.2) is 0 Å². The fraction of sp³-hybridized carbons (Fsp3) is 0.0833. The minimum atomic E-state index is 0.196. The van der Waals surface area contributed by atoms with E-state index in [1.54, 1.807) is 0 Å². The maximum Gasteiger partial charge on any atom is 0.0604 e. The number of nitrogens with zero attached hydrogens (tertiary/aromatic N) is 2. The van der Waals surface area contributed by atoms with E-state index in [4.69, 9.17) is 0 Å². The lowest BCUT2D eigenvalue weighted by Gasteiger charge is -2.34. The van der Waals surface area contributed by atoms with E-state index < -0.39 is 0 Å². The summed E-state index contributed by atoms with van der Waals surface area (Å²) in [7, 11) is 0. The van der Waals surface area contributed by atoms with Crippen LogP contribution in [0, 0.1) is 0 Å². The zero-order valence-corrected chi connectivity index (χ0v) is 30.2. The van der Waals surface area contributed by atoms with E-state index >= 15 is 0 Å². The third-order valence-electron chi connectivity index (χ3n) is 10.6. The van der Waals surface area contributed by atoms with Crippen LogP contribution in [-0.2, 0) is 0 Å². The average molecular weight is 705 g/mol. The van der Waals surface area contributed by atoms with Crippen molar-refractivity contribution in [2.75, 3.05) is 9.80 Å². The van der Waals surface area contributed by atoms with Gasteiger partial charge in [-0.05, 0) is 83.8 Å². The Hall–Kier alpha value is -5.55. The number of fused-ring (bicyclic) bond motifs is 6. The topological polar surface area (TPSA) is 6.48 Å². The summed E-state index contributed by atoms with van der Waals surface area (Å²) in [6, 6.07) is 55.5. The van der Waals surface area contributed by atoms with Gasteiger partial charge in [0.2, 0.25) is 0 Å². The Morgan fingerprint density at radius 2 is 1.31 bits per heavy atom. The summed E-state index contributed by atoms with van der Waals surface area (Å²) in [5, 5.41) is 2.98. The smallest absolute Gasteiger partial charge is 0.0604 e. The number of thioether (sulfide) groups is 1. The Morgan fingerprint density at radius 3 is 2.12 bits per heavy atom. The number of hydrogen-bond donors (Lipinski definition) is 0. The third kappa shape index (κ3) is 5.42. The fourth-order valence-corrected chi connectivity index (χ4v) is 10.8. The molecular weight excluding hydrogens is 669 g/mol. The molecule has 6 aromatic carbocycles. The van der Waals surface area contributed by atoms with E-state index in [1.165, 1.54) is 70.2 Å². The average Bonchev–Trinajstić information content (AvgIpc) is 3.79. The van der Waals surface area contributed by atoms with E-state index in [0.29, 0.717) is 11.2 Å². The van der Waals surface area contributed by atoms with Gasteiger partial charge < -0.3 is 9.80 Å². The van der Waals surface area contributed by atoms with E-state index in [-0.39, 0.29) is 6.04 Å². The molecule has 2 aliphatic carbocycles. The Bertz CT molecular complexity index is 2540. The second-order valence-electron chi connectivity index (χ2n) is 13.6. The Morgan fingerprint density at radius 1 is 0.596 bits per heavy atom. The lowest BCUT2D eigenvalue weighted by molar-refractivity contribution is 0.790. The highest BCUT2D eigenvalue weighted by molar-refractivity contribution is 8.00. The summed E-state index contributed by atoms with van der Waals surface area (Å²) in [5.41, 5.74) is 10.1. The van der Waals surface area contributed by atoms with Crippen molar-refractivity contribution in [3.8, 4) is 0 Å². The van der Waals surface area contributed by atoms with E-state index in [1.807, 2.05) is 23.1 Å². The third-order valence-corrected chi connectivity index (χ3v) is 13.2. The molecule has 0 fully saturated rings. The highest BCUT2D eigenvalue weighted by atomic mass is 32.2. The van der Waals surface area contributed by atoms with E-state index in [9.17, 15) is 0 Å². The van der Waals surface area contributed by atoms with Gasteiger partial charge in [-0.3, -0.25) is 0 Å². The van der Waals surface area contributed by atoms with Crippen molar-refractivity contribution >= 4 is 71.6 Å². The quantitative estimate of drug-likeness (QED) is 0.163. The number of thiophene rings is 1. The molecular formula is C48H36N2S2. The van der Waals surface area contributed by atoms with Crippen LogP contribution < -0.4 is 9.80 Å². The van der Waals surface area contributed by atoms with Gasteiger partial charge in [-0.15, -0.1) is 23.1 Å². The van der Waals surface area contributed by atoms with Gasteiger partial charge in [-0.2, -0.15) is 0 Å². The molecule has 2 nitrogen and oxygen atoms in total. The van der Waals surface area contributed by atoms with Crippen LogP contribution in [0.25, 0.3) is 25.7 Å². The van der Waals surface area contributed by atoms with Crippen molar-refractivity contribution in [2.45, 2.75) is 28.5 Å². The second kappa shape index (κ2) is 13.2. The Balaban J connectivity index is 0.958. The monoisotopic (exact) mass is 704 g/mol. The summed E-state index contributed by atoms with van der Waals surface area (Å²) in [5.74, 6) is 0.374. The molecule has 52 heavy (non-hydrogen) atoms. The molecule has 4 heteroatoms. The van der Waals surface area contributed by atoms with Crippen LogP contribution in [0.1, 0.15) is 23.5 Å². The van der Waals surface area contributed by atoms with Gasteiger partial charge in [0.25, 0.3) is 0 Å². The molecule has 3 atom stereocenters. The first kappa shape index (κ1) is 31.2. The highest BCUT2D eigenvalue weighted by Gasteiger charge is 2.38. The van der Waals surface area contributed by atoms with Crippen molar-refractivity contribution in [1.29, 1.82) is 0 Å². The van der Waals surface area contributed by atoms with Crippen molar-refractivity contribution < 1.29 is 0 Å². The normalized spacial score (nSPS) is 18.9. The number of hydrogen-bond acceptors (Lipinski definition) is 4. The lowest BCUT2D eigenvalue weighted by Crippen LogP contribution is -2.30. The molecule has 0 spiro atoms. The highest BCUT2D eigenvalue weighted by Crippen LogP contribution is 2.52. The molecule has 250 valence electrons. The zero-order chi connectivity index (χ0) is 34.4. The van der Waals surface area contributed by atoms with Gasteiger partial charge in [-0.25, -0.2) is 0 Å². The number of para-hydroxylation sites is 2. The molecule has 0 saturated heterocycles. The Kier molecular flexibility index (Phi) is 7.93. The SMILES string of the molecule is C1=CC2c3ccccc3SC2C(N(c2ccccc2)c2ccc(C3=CC[C@@H](N(c4ccccc4)c4cccc5c4sc4ccccc45)C=C3)cc2)=C1.